The van der Waals surface area contributed by atoms with Gasteiger partial charge in [-0.15, -0.1) is 6.58 Å². The molecule has 1 fully saturated rings. The average Bonchev–Trinajstić information content (AvgIpc) is 3.13. The summed E-state index contributed by atoms with van der Waals surface area (Å²) in [6.45, 7) is 4.91. The van der Waals surface area contributed by atoms with Crippen molar-refractivity contribution in [3.63, 3.8) is 0 Å². The zero-order chi connectivity index (χ0) is 12.1. The molecule has 2 rings (SSSR count). The smallest absolute Gasteiger partial charge is 0.123 e. The SMILES string of the molecule is C=CCCOc1ccc(F)cc1CNC1CC1. The fraction of sp³-hybridized carbons (Fsp3) is 0.429. The van der Waals surface area contributed by atoms with Crippen molar-refractivity contribution in [3.8, 4) is 5.75 Å². The highest BCUT2D eigenvalue weighted by molar-refractivity contribution is 5.34. The molecule has 1 saturated carbocycles. The van der Waals surface area contributed by atoms with Crippen molar-refractivity contribution >= 4 is 0 Å². The second kappa shape index (κ2) is 5.82. The van der Waals surface area contributed by atoms with Crippen molar-refractivity contribution in [3.05, 3.63) is 42.2 Å². The van der Waals surface area contributed by atoms with E-state index in [0.717, 1.165) is 17.7 Å². The van der Waals surface area contributed by atoms with Gasteiger partial charge in [0.1, 0.15) is 11.6 Å². The lowest BCUT2D eigenvalue weighted by Gasteiger charge is -2.11. The molecule has 17 heavy (non-hydrogen) atoms. The van der Waals surface area contributed by atoms with Crippen LogP contribution in [0.1, 0.15) is 24.8 Å². The zero-order valence-corrected chi connectivity index (χ0v) is 9.92. The van der Waals surface area contributed by atoms with E-state index in [1.165, 1.54) is 18.9 Å². The van der Waals surface area contributed by atoms with Gasteiger partial charge in [-0.25, -0.2) is 4.39 Å². The molecule has 0 saturated heterocycles. The average molecular weight is 235 g/mol. The quantitative estimate of drug-likeness (QED) is 0.579. The lowest BCUT2D eigenvalue weighted by Crippen LogP contribution is -2.16. The van der Waals surface area contributed by atoms with Crippen LogP contribution in [0.2, 0.25) is 0 Å². The highest BCUT2D eigenvalue weighted by Crippen LogP contribution is 2.23. The third kappa shape index (κ3) is 3.86. The lowest BCUT2D eigenvalue weighted by molar-refractivity contribution is 0.320. The van der Waals surface area contributed by atoms with Crippen LogP contribution in [0.3, 0.4) is 0 Å². The second-order valence-electron chi connectivity index (χ2n) is 4.33. The van der Waals surface area contributed by atoms with Crippen LogP contribution in [0.4, 0.5) is 4.39 Å². The van der Waals surface area contributed by atoms with Crippen molar-refractivity contribution in [1.82, 2.24) is 5.32 Å². The Labute approximate surface area is 101 Å². The highest BCUT2D eigenvalue weighted by Gasteiger charge is 2.20. The van der Waals surface area contributed by atoms with Gasteiger partial charge in [-0.3, -0.25) is 0 Å². The Hall–Kier alpha value is -1.35. The number of halogens is 1. The molecular formula is C14H18FNO. The van der Waals surface area contributed by atoms with Crippen molar-refractivity contribution in [2.75, 3.05) is 6.61 Å². The van der Waals surface area contributed by atoms with E-state index in [0.29, 0.717) is 19.2 Å². The first-order chi connectivity index (χ1) is 8.29. The maximum Gasteiger partial charge on any atom is 0.123 e. The van der Waals surface area contributed by atoms with E-state index in [1.54, 1.807) is 12.1 Å². The van der Waals surface area contributed by atoms with Gasteiger partial charge in [0.2, 0.25) is 0 Å². The summed E-state index contributed by atoms with van der Waals surface area (Å²) in [5.41, 5.74) is 0.890. The van der Waals surface area contributed by atoms with Gasteiger partial charge < -0.3 is 10.1 Å². The van der Waals surface area contributed by atoms with E-state index >= 15 is 0 Å². The van der Waals surface area contributed by atoms with E-state index < -0.39 is 0 Å². The number of hydrogen-bond acceptors (Lipinski definition) is 2. The third-order valence-electron chi connectivity index (χ3n) is 2.76. The molecule has 0 aromatic heterocycles. The summed E-state index contributed by atoms with van der Waals surface area (Å²) >= 11 is 0. The number of hydrogen-bond donors (Lipinski definition) is 1. The molecule has 92 valence electrons. The minimum atomic E-state index is -0.214. The molecule has 0 spiro atoms. The molecule has 0 amide bonds. The molecule has 1 aromatic rings. The fourth-order valence-corrected chi connectivity index (χ4v) is 1.62. The van der Waals surface area contributed by atoms with Gasteiger partial charge in [0.05, 0.1) is 6.61 Å². The summed E-state index contributed by atoms with van der Waals surface area (Å²) in [6.07, 6.45) is 5.06. The summed E-state index contributed by atoms with van der Waals surface area (Å²) in [7, 11) is 0. The summed E-state index contributed by atoms with van der Waals surface area (Å²) < 4.78 is 18.8. The summed E-state index contributed by atoms with van der Waals surface area (Å²) in [6, 6.07) is 5.28. The Kier molecular flexibility index (Phi) is 4.15. The molecule has 0 atom stereocenters. The third-order valence-corrected chi connectivity index (χ3v) is 2.76. The number of rotatable bonds is 7. The van der Waals surface area contributed by atoms with Gasteiger partial charge in [0.15, 0.2) is 0 Å². The van der Waals surface area contributed by atoms with Gasteiger partial charge in [0.25, 0.3) is 0 Å². The zero-order valence-electron chi connectivity index (χ0n) is 9.92. The fourth-order valence-electron chi connectivity index (χ4n) is 1.62. The molecular weight excluding hydrogens is 217 g/mol. The number of nitrogens with one attached hydrogen (secondary N) is 1. The van der Waals surface area contributed by atoms with E-state index in [1.807, 2.05) is 6.08 Å². The topological polar surface area (TPSA) is 21.3 Å². The van der Waals surface area contributed by atoms with Crippen LogP contribution < -0.4 is 10.1 Å². The van der Waals surface area contributed by atoms with Crippen LogP contribution >= 0.6 is 0 Å². The first kappa shape index (κ1) is 12.1. The van der Waals surface area contributed by atoms with E-state index in [2.05, 4.69) is 11.9 Å². The number of benzene rings is 1. The van der Waals surface area contributed by atoms with Crippen LogP contribution in [0.15, 0.2) is 30.9 Å². The Morgan fingerprint density at radius 2 is 2.29 bits per heavy atom. The maximum atomic E-state index is 13.2. The van der Waals surface area contributed by atoms with Gasteiger partial charge in [-0.2, -0.15) is 0 Å². The highest BCUT2D eigenvalue weighted by atomic mass is 19.1. The van der Waals surface area contributed by atoms with Crippen LogP contribution in [0.5, 0.6) is 5.75 Å². The molecule has 3 heteroatoms. The van der Waals surface area contributed by atoms with Gasteiger partial charge >= 0.3 is 0 Å². The molecule has 2 nitrogen and oxygen atoms in total. The van der Waals surface area contributed by atoms with Crippen molar-refractivity contribution in [2.45, 2.75) is 31.8 Å². The predicted octanol–water partition coefficient (Wildman–Crippen LogP) is 3.03. The minimum absolute atomic E-state index is 0.214. The normalized spacial score (nSPS) is 14.6. The largest absolute Gasteiger partial charge is 0.493 e. The van der Waals surface area contributed by atoms with Crippen LogP contribution in [-0.4, -0.2) is 12.6 Å². The van der Waals surface area contributed by atoms with Crippen LogP contribution in [0.25, 0.3) is 0 Å². The van der Waals surface area contributed by atoms with Crippen LogP contribution in [0, 0.1) is 5.82 Å². The first-order valence-corrected chi connectivity index (χ1v) is 6.05. The molecule has 0 heterocycles. The van der Waals surface area contributed by atoms with Gasteiger partial charge in [-0.05, 0) is 37.5 Å². The molecule has 1 aromatic carbocycles. The Bertz CT molecular complexity index is 388. The maximum absolute atomic E-state index is 13.2. The predicted molar refractivity (Wildman–Crippen MR) is 66.6 cm³/mol. The molecule has 1 aliphatic rings. The van der Waals surface area contributed by atoms with E-state index in [4.69, 9.17) is 4.74 Å². The van der Waals surface area contributed by atoms with E-state index in [-0.39, 0.29) is 5.82 Å². The molecule has 1 aliphatic carbocycles. The molecule has 1 N–H and O–H groups in total. The standard InChI is InChI=1S/C14H18FNO/c1-2-3-8-17-14-7-4-12(15)9-11(14)10-16-13-5-6-13/h2,4,7,9,13,16H,1,3,5-6,8,10H2. The van der Waals surface area contributed by atoms with Crippen LogP contribution in [-0.2, 0) is 6.54 Å². The Balaban J connectivity index is 1.97. The lowest BCUT2D eigenvalue weighted by atomic mass is 10.2. The summed E-state index contributed by atoms with van der Waals surface area (Å²) in [5, 5.41) is 3.36. The van der Waals surface area contributed by atoms with Crippen molar-refractivity contribution in [2.24, 2.45) is 0 Å². The first-order valence-electron chi connectivity index (χ1n) is 6.05. The molecule has 0 unspecified atom stereocenters. The summed E-state index contributed by atoms with van der Waals surface area (Å²) in [4.78, 5) is 0. The van der Waals surface area contributed by atoms with Gasteiger partial charge in [0, 0.05) is 18.2 Å². The monoisotopic (exact) mass is 235 g/mol. The molecule has 0 bridgehead atoms. The Morgan fingerprint density at radius 3 is 3.00 bits per heavy atom. The number of ether oxygens (including phenoxy) is 1. The van der Waals surface area contributed by atoms with Gasteiger partial charge in [-0.1, -0.05) is 6.08 Å². The Morgan fingerprint density at radius 1 is 1.47 bits per heavy atom. The van der Waals surface area contributed by atoms with Crippen molar-refractivity contribution < 1.29 is 9.13 Å². The molecule has 0 aliphatic heterocycles. The molecule has 0 radical (unpaired) electrons. The minimum Gasteiger partial charge on any atom is -0.493 e. The van der Waals surface area contributed by atoms with E-state index in [9.17, 15) is 4.39 Å². The van der Waals surface area contributed by atoms with Crippen molar-refractivity contribution in [1.29, 1.82) is 0 Å². The summed E-state index contributed by atoms with van der Waals surface area (Å²) in [5.74, 6) is 0.551. The second-order valence-corrected chi connectivity index (χ2v) is 4.33.